The van der Waals surface area contributed by atoms with Gasteiger partial charge in [-0.05, 0) is 63.6 Å². The van der Waals surface area contributed by atoms with Gasteiger partial charge in [0.1, 0.15) is 12.4 Å². The van der Waals surface area contributed by atoms with Gasteiger partial charge in [0.2, 0.25) is 0 Å². The Morgan fingerprint density at radius 3 is 2.78 bits per heavy atom. The minimum absolute atomic E-state index is 0.106. The lowest BCUT2D eigenvalue weighted by molar-refractivity contribution is -0.123. The Labute approximate surface area is 167 Å². The second-order valence-corrected chi connectivity index (χ2v) is 7.85. The van der Waals surface area contributed by atoms with Crippen molar-refractivity contribution in [1.29, 1.82) is 0 Å². The Kier molecular flexibility index (Phi) is 4.84. The van der Waals surface area contributed by atoms with Gasteiger partial charge >= 0.3 is 0 Å². The maximum absolute atomic E-state index is 12.6. The molecular weight excluding hydrogens is 434 g/mol. The second-order valence-electron chi connectivity index (χ2n) is 6.00. The number of thioether (sulfide) groups is 1. The van der Waals surface area contributed by atoms with Crippen molar-refractivity contribution in [2.24, 2.45) is 0 Å². The molecule has 2 heterocycles. The number of phenols is 1. The number of carbonyl (C=O) groups is 2. The molecule has 138 valence electrons. The summed E-state index contributed by atoms with van der Waals surface area (Å²) in [7, 11) is 0. The zero-order valence-corrected chi connectivity index (χ0v) is 16.3. The predicted octanol–water partition coefficient (Wildman–Crippen LogP) is 4.03. The maximum Gasteiger partial charge on any atom is 0.293 e. The van der Waals surface area contributed by atoms with Gasteiger partial charge in [0.15, 0.2) is 17.6 Å². The number of rotatable bonds is 3. The highest BCUT2D eigenvalue weighted by molar-refractivity contribution is 9.10. The van der Waals surface area contributed by atoms with E-state index in [0.29, 0.717) is 26.4 Å². The molecule has 0 radical (unpaired) electrons. The minimum Gasteiger partial charge on any atom is -0.507 e. The molecule has 2 aromatic carbocycles. The number of phenolic OH excluding ortho intramolecular Hbond substituents is 1. The largest absolute Gasteiger partial charge is 0.507 e. The third-order valence-corrected chi connectivity index (χ3v) is 5.64. The monoisotopic (exact) mass is 447 g/mol. The van der Waals surface area contributed by atoms with Gasteiger partial charge in [0, 0.05) is 0 Å². The molecule has 1 atom stereocenters. The van der Waals surface area contributed by atoms with Crippen LogP contribution in [0.2, 0.25) is 0 Å². The van der Waals surface area contributed by atoms with E-state index in [1.54, 1.807) is 24.3 Å². The number of fused-ring (bicyclic) bond motifs is 1. The third-order valence-electron chi connectivity index (χ3n) is 4.10. The van der Waals surface area contributed by atoms with Gasteiger partial charge in [0.25, 0.3) is 11.1 Å². The van der Waals surface area contributed by atoms with Crippen molar-refractivity contribution < 1.29 is 24.2 Å². The van der Waals surface area contributed by atoms with Crippen LogP contribution in [-0.4, -0.2) is 40.4 Å². The van der Waals surface area contributed by atoms with Gasteiger partial charge in [-0.3, -0.25) is 14.5 Å². The smallest absolute Gasteiger partial charge is 0.293 e. The first kappa shape index (κ1) is 17.9. The summed E-state index contributed by atoms with van der Waals surface area (Å²) in [6, 6.07) is 12.2. The van der Waals surface area contributed by atoms with Crippen LogP contribution in [0.3, 0.4) is 0 Å². The van der Waals surface area contributed by atoms with Crippen molar-refractivity contribution in [1.82, 2.24) is 4.90 Å². The van der Waals surface area contributed by atoms with Crippen molar-refractivity contribution in [2.45, 2.75) is 6.10 Å². The SMILES string of the molecule is O=C1SC(=Cc2ccc(O)c(Br)c2)C(=O)N1CC1COc2ccccc2O1. The molecule has 0 saturated carbocycles. The zero-order chi connectivity index (χ0) is 19.0. The Hall–Kier alpha value is -2.45. The van der Waals surface area contributed by atoms with E-state index in [4.69, 9.17) is 9.47 Å². The first-order chi connectivity index (χ1) is 13.0. The van der Waals surface area contributed by atoms with E-state index in [2.05, 4.69) is 15.9 Å². The molecule has 0 aromatic heterocycles. The fourth-order valence-corrected chi connectivity index (χ4v) is 4.02. The average Bonchev–Trinajstić information content (AvgIpc) is 2.92. The van der Waals surface area contributed by atoms with Crippen molar-refractivity contribution >= 4 is 44.9 Å². The molecule has 1 unspecified atom stereocenters. The summed E-state index contributed by atoms with van der Waals surface area (Å²) in [6.45, 7) is 0.387. The summed E-state index contributed by atoms with van der Waals surface area (Å²) in [5.41, 5.74) is 0.705. The van der Waals surface area contributed by atoms with Crippen LogP contribution in [0.25, 0.3) is 6.08 Å². The number of amides is 2. The zero-order valence-electron chi connectivity index (χ0n) is 13.9. The summed E-state index contributed by atoms with van der Waals surface area (Å²) in [6.07, 6.45) is 1.21. The Morgan fingerprint density at radius 1 is 1.22 bits per heavy atom. The lowest BCUT2D eigenvalue weighted by atomic mass is 10.2. The molecule has 2 aromatic rings. The number of halogens is 1. The molecule has 2 amide bonds. The molecule has 0 spiro atoms. The Balaban J connectivity index is 1.48. The number of nitrogens with zero attached hydrogens (tertiary/aromatic N) is 1. The summed E-state index contributed by atoms with van der Waals surface area (Å²) in [5.74, 6) is 0.998. The molecule has 2 aliphatic heterocycles. The summed E-state index contributed by atoms with van der Waals surface area (Å²) in [4.78, 5) is 26.5. The molecule has 0 bridgehead atoms. The molecule has 1 N–H and O–H groups in total. The first-order valence-corrected chi connectivity index (χ1v) is 9.74. The number of aromatic hydroxyl groups is 1. The van der Waals surface area contributed by atoms with Crippen LogP contribution in [-0.2, 0) is 4.79 Å². The molecule has 2 aliphatic rings. The van der Waals surface area contributed by atoms with E-state index in [-0.39, 0.29) is 30.0 Å². The molecule has 1 fully saturated rings. The summed E-state index contributed by atoms with van der Waals surface area (Å²) < 4.78 is 12.0. The van der Waals surface area contributed by atoms with Crippen LogP contribution >= 0.6 is 27.7 Å². The Morgan fingerprint density at radius 2 is 2.00 bits per heavy atom. The summed E-state index contributed by atoms with van der Waals surface area (Å²) in [5, 5.41) is 9.22. The van der Waals surface area contributed by atoms with Crippen molar-refractivity contribution in [3.05, 3.63) is 57.4 Å². The van der Waals surface area contributed by atoms with Gasteiger partial charge in [0.05, 0.1) is 15.9 Å². The maximum atomic E-state index is 12.6. The van der Waals surface area contributed by atoms with Crippen LogP contribution in [0.5, 0.6) is 17.2 Å². The Bertz CT molecular complexity index is 961. The molecule has 27 heavy (non-hydrogen) atoms. The highest BCUT2D eigenvalue weighted by Gasteiger charge is 2.37. The van der Waals surface area contributed by atoms with Gasteiger partial charge in [-0.1, -0.05) is 18.2 Å². The highest BCUT2D eigenvalue weighted by Crippen LogP contribution is 2.35. The number of imide groups is 1. The molecule has 8 heteroatoms. The van der Waals surface area contributed by atoms with E-state index >= 15 is 0 Å². The predicted molar refractivity (Wildman–Crippen MR) is 105 cm³/mol. The highest BCUT2D eigenvalue weighted by atomic mass is 79.9. The second kappa shape index (κ2) is 7.28. The van der Waals surface area contributed by atoms with Gasteiger partial charge in [-0.2, -0.15) is 0 Å². The van der Waals surface area contributed by atoms with Crippen LogP contribution in [0.1, 0.15) is 5.56 Å². The average molecular weight is 448 g/mol. The third kappa shape index (κ3) is 3.68. The van der Waals surface area contributed by atoms with E-state index in [1.807, 2.05) is 18.2 Å². The van der Waals surface area contributed by atoms with Crippen molar-refractivity contribution in [3.8, 4) is 17.2 Å². The van der Waals surface area contributed by atoms with Gasteiger partial charge in [-0.15, -0.1) is 0 Å². The number of carbonyl (C=O) groups excluding carboxylic acids is 2. The van der Waals surface area contributed by atoms with E-state index < -0.39 is 6.10 Å². The van der Waals surface area contributed by atoms with E-state index in [0.717, 1.165) is 11.8 Å². The minimum atomic E-state index is -0.421. The molecule has 1 saturated heterocycles. The fourth-order valence-electron chi connectivity index (χ4n) is 2.78. The molecule has 0 aliphatic carbocycles. The van der Waals surface area contributed by atoms with E-state index in [9.17, 15) is 14.7 Å². The topological polar surface area (TPSA) is 76.1 Å². The van der Waals surface area contributed by atoms with Gasteiger partial charge < -0.3 is 14.6 Å². The van der Waals surface area contributed by atoms with Gasteiger partial charge in [-0.25, -0.2) is 0 Å². The molecule has 4 rings (SSSR count). The normalized spacial score (nSPS) is 20.4. The first-order valence-electron chi connectivity index (χ1n) is 8.13. The number of benzene rings is 2. The lowest BCUT2D eigenvalue weighted by Crippen LogP contribution is -2.42. The number of hydrogen-bond donors (Lipinski definition) is 1. The number of para-hydroxylation sites is 2. The quantitative estimate of drug-likeness (QED) is 0.715. The van der Waals surface area contributed by atoms with Crippen molar-refractivity contribution in [3.63, 3.8) is 0 Å². The van der Waals surface area contributed by atoms with Crippen LogP contribution < -0.4 is 9.47 Å². The molecular formula is C19H14BrNO5S. The standard InChI is InChI=1S/C19H14BrNO5S/c20-13-7-11(5-6-14(13)22)8-17-18(23)21(19(24)27-17)9-12-10-25-15-3-1-2-4-16(15)26-12/h1-8,12,22H,9-10H2. The number of ether oxygens (including phenoxy) is 2. The van der Waals surface area contributed by atoms with Crippen LogP contribution in [0, 0.1) is 0 Å². The van der Waals surface area contributed by atoms with Crippen LogP contribution in [0.15, 0.2) is 51.8 Å². The fraction of sp³-hybridized carbons (Fsp3) is 0.158. The van der Waals surface area contributed by atoms with Crippen molar-refractivity contribution in [2.75, 3.05) is 13.2 Å². The van der Waals surface area contributed by atoms with Crippen LogP contribution in [0.4, 0.5) is 4.79 Å². The lowest BCUT2D eigenvalue weighted by Gasteiger charge is -2.28. The summed E-state index contributed by atoms with van der Waals surface area (Å²) >= 11 is 4.12. The molecule has 6 nitrogen and oxygen atoms in total. The van der Waals surface area contributed by atoms with E-state index in [1.165, 1.54) is 11.0 Å². The number of hydrogen-bond acceptors (Lipinski definition) is 6.